The van der Waals surface area contributed by atoms with Crippen LogP contribution in [0.4, 0.5) is 5.69 Å². The molecule has 0 spiro atoms. The Kier molecular flexibility index (Phi) is 5.60. The lowest BCUT2D eigenvalue weighted by molar-refractivity contribution is 0.602. The summed E-state index contributed by atoms with van der Waals surface area (Å²) in [6.07, 6.45) is 3.29. The van der Waals surface area contributed by atoms with Gasteiger partial charge in [-0.25, -0.2) is 13.4 Å². The van der Waals surface area contributed by atoms with Gasteiger partial charge in [0.1, 0.15) is 10.0 Å². The number of nitrogens with one attached hydrogen (secondary N) is 1. The fourth-order valence-electron chi connectivity index (χ4n) is 2.83. The molecule has 4 rings (SSSR count). The van der Waals surface area contributed by atoms with E-state index in [-0.39, 0.29) is 15.6 Å². The molecule has 30 heavy (non-hydrogen) atoms. The van der Waals surface area contributed by atoms with E-state index in [0.717, 1.165) is 5.56 Å². The normalized spacial score (nSPS) is 11.0. The molecule has 0 aliphatic rings. The maximum Gasteiger partial charge on any atom is 0.264 e. The number of halogens is 2. The molecule has 148 valence electrons. The highest BCUT2D eigenvalue weighted by Crippen LogP contribution is 2.30. The zero-order valence-electron chi connectivity index (χ0n) is 15.3. The summed E-state index contributed by atoms with van der Waals surface area (Å²) in [4.78, 5) is 8.16. The summed E-state index contributed by atoms with van der Waals surface area (Å²) in [5, 5.41) is 0.927. The molecule has 0 amide bonds. The molecule has 0 radical (unpaired) electrons. The zero-order chi connectivity index (χ0) is 21.1. The Labute approximate surface area is 183 Å². The highest BCUT2D eigenvalue weighted by atomic mass is 35.5. The Bertz CT molecular complexity index is 1410. The van der Waals surface area contributed by atoms with E-state index < -0.39 is 10.0 Å². The van der Waals surface area contributed by atoms with Crippen LogP contribution in [0.1, 0.15) is 11.1 Å². The van der Waals surface area contributed by atoms with Crippen LogP contribution < -0.4 is 4.72 Å². The van der Waals surface area contributed by atoms with Gasteiger partial charge < -0.3 is 0 Å². The third-order valence-corrected chi connectivity index (χ3v) is 6.09. The number of nitrogens with zero attached hydrogens (tertiary/aromatic N) is 2. The van der Waals surface area contributed by atoms with Crippen LogP contribution >= 0.6 is 23.2 Å². The topological polar surface area (TPSA) is 72.0 Å². The molecule has 1 N–H and O–H groups in total. The fourth-order valence-corrected chi connectivity index (χ4v) is 4.58. The minimum atomic E-state index is -3.99. The highest BCUT2D eigenvalue weighted by molar-refractivity contribution is 7.93. The van der Waals surface area contributed by atoms with Crippen LogP contribution in [0.2, 0.25) is 10.2 Å². The van der Waals surface area contributed by atoms with Gasteiger partial charge >= 0.3 is 0 Å². The highest BCUT2D eigenvalue weighted by Gasteiger charge is 2.21. The van der Waals surface area contributed by atoms with Gasteiger partial charge in [0.05, 0.1) is 16.2 Å². The summed E-state index contributed by atoms with van der Waals surface area (Å²) < 4.78 is 28.9. The SMILES string of the molecule is O=S(=O)(Nc1ccccc1C#Cc1cccnc1)c1cccc2c(Cl)cc(Cl)nc12. The van der Waals surface area contributed by atoms with Crippen molar-refractivity contribution in [3.63, 3.8) is 0 Å². The molecule has 0 aliphatic carbocycles. The lowest BCUT2D eigenvalue weighted by Gasteiger charge is -2.12. The van der Waals surface area contributed by atoms with Gasteiger partial charge in [-0.3, -0.25) is 9.71 Å². The molecule has 0 bridgehead atoms. The predicted octanol–water partition coefficient (Wildman–Crippen LogP) is 5.14. The Balaban J connectivity index is 1.76. The Morgan fingerprint density at radius 2 is 1.77 bits per heavy atom. The van der Waals surface area contributed by atoms with E-state index in [4.69, 9.17) is 23.2 Å². The Hall–Kier alpha value is -3.11. The standard InChI is InChI=1S/C22H13Cl2N3O2S/c23-18-13-21(24)26-22-17(18)7-3-9-20(22)30(28,29)27-19-8-2-1-6-16(19)11-10-15-5-4-12-25-14-15/h1-9,12-14,27H. The van der Waals surface area contributed by atoms with Gasteiger partial charge in [-0.05, 0) is 36.4 Å². The fraction of sp³-hybridized carbons (Fsp3) is 0. The lowest BCUT2D eigenvalue weighted by atomic mass is 10.2. The van der Waals surface area contributed by atoms with Crippen LogP contribution in [0.3, 0.4) is 0 Å². The number of benzene rings is 2. The molecule has 0 saturated carbocycles. The summed E-state index contributed by atoms with van der Waals surface area (Å²) in [7, 11) is -3.99. The van der Waals surface area contributed by atoms with Crippen molar-refractivity contribution in [2.75, 3.05) is 4.72 Å². The molecule has 0 fully saturated rings. The van der Waals surface area contributed by atoms with Crippen molar-refractivity contribution < 1.29 is 8.42 Å². The number of hydrogen-bond donors (Lipinski definition) is 1. The van der Waals surface area contributed by atoms with Gasteiger partial charge in [0.2, 0.25) is 0 Å². The van der Waals surface area contributed by atoms with Crippen molar-refractivity contribution in [1.29, 1.82) is 0 Å². The van der Waals surface area contributed by atoms with E-state index in [1.54, 1.807) is 54.9 Å². The number of sulfonamides is 1. The number of aromatic nitrogens is 2. The molecular weight excluding hydrogens is 441 g/mol. The maximum absolute atomic E-state index is 13.2. The van der Waals surface area contributed by atoms with Crippen LogP contribution in [-0.4, -0.2) is 18.4 Å². The molecule has 8 heteroatoms. The monoisotopic (exact) mass is 453 g/mol. The molecule has 4 aromatic rings. The number of rotatable bonds is 3. The Morgan fingerprint density at radius 1 is 0.933 bits per heavy atom. The third-order valence-electron chi connectivity index (χ3n) is 4.18. The summed E-state index contributed by atoms with van der Waals surface area (Å²) >= 11 is 12.2. The van der Waals surface area contributed by atoms with E-state index in [1.807, 2.05) is 6.07 Å². The van der Waals surface area contributed by atoms with Gasteiger partial charge in [0.15, 0.2) is 0 Å². The second-order valence-electron chi connectivity index (χ2n) is 6.22. The molecule has 2 aromatic carbocycles. The summed E-state index contributed by atoms with van der Waals surface area (Å²) in [6, 6.07) is 16.7. The Morgan fingerprint density at radius 3 is 2.57 bits per heavy atom. The molecule has 0 aliphatic heterocycles. The van der Waals surface area contributed by atoms with Crippen LogP contribution in [0, 0.1) is 11.8 Å². The summed E-state index contributed by atoms with van der Waals surface area (Å²) in [5.41, 5.74) is 1.78. The molecular formula is C22H13Cl2N3O2S. The van der Waals surface area contributed by atoms with Crippen LogP contribution in [0.5, 0.6) is 0 Å². The lowest BCUT2D eigenvalue weighted by Crippen LogP contribution is -2.14. The van der Waals surface area contributed by atoms with Gasteiger partial charge in [-0.1, -0.05) is 59.3 Å². The van der Waals surface area contributed by atoms with E-state index >= 15 is 0 Å². The number of hydrogen-bond acceptors (Lipinski definition) is 4. The van der Waals surface area contributed by atoms with Gasteiger partial charge in [-0.15, -0.1) is 0 Å². The number of fused-ring (bicyclic) bond motifs is 1. The van der Waals surface area contributed by atoms with E-state index in [0.29, 0.717) is 21.7 Å². The van der Waals surface area contributed by atoms with Crippen molar-refractivity contribution in [2.24, 2.45) is 0 Å². The number of pyridine rings is 2. The first kappa shape index (κ1) is 20.2. The molecule has 5 nitrogen and oxygen atoms in total. The molecule has 0 atom stereocenters. The van der Waals surface area contributed by atoms with Crippen molar-refractivity contribution >= 4 is 49.8 Å². The molecule has 0 unspecified atom stereocenters. The first-order chi connectivity index (χ1) is 14.4. The third kappa shape index (κ3) is 4.24. The predicted molar refractivity (Wildman–Crippen MR) is 119 cm³/mol. The average molecular weight is 454 g/mol. The van der Waals surface area contributed by atoms with Crippen LogP contribution in [0.15, 0.2) is 78.0 Å². The minimum Gasteiger partial charge on any atom is -0.278 e. The second kappa shape index (κ2) is 8.33. The summed E-state index contributed by atoms with van der Waals surface area (Å²) in [6.45, 7) is 0. The number of anilines is 1. The van der Waals surface area contributed by atoms with Crippen LogP contribution in [-0.2, 0) is 10.0 Å². The van der Waals surface area contributed by atoms with Crippen molar-refractivity contribution in [3.05, 3.63) is 94.4 Å². The maximum atomic E-state index is 13.2. The average Bonchev–Trinajstić information content (AvgIpc) is 2.73. The molecule has 2 heterocycles. The molecule has 0 saturated heterocycles. The first-order valence-electron chi connectivity index (χ1n) is 8.73. The van der Waals surface area contributed by atoms with E-state index in [9.17, 15) is 8.42 Å². The van der Waals surface area contributed by atoms with Gasteiger partial charge in [-0.2, -0.15) is 0 Å². The zero-order valence-corrected chi connectivity index (χ0v) is 17.6. The van der Waals surface area contributed by atoms with Crippen molar-refractivity contribution in [3.8, 4) is 11.8 Å². The van der Waals surface area contributed by atoms with Gasteiger partial charge in [0, 0.05) is 28.9 Å². The number of para-hydroxylation sites is 2. The van der Waals surface area contributed by atoms with Gasteiger partial charge in [0.25, 0.3) is 10.0 Å². The largest absolute Gasteiger partial charge is 0.278 e. The van der Waals surface area contributed by atoms with E-state index in [1.165, 1.54) is 12.1 Å². The minimum absolute atomic E-state index is 0.0283. The quantitative estimate of drug-likeness (QED) is 0.344. The van der Waals surface area contributed by atoms with E-state index in [2.05, 4.69) is 26.5 Å². The second-order valence-corrected chi connectivity index (χ2v) is 8.67. The van der Waals surface area contributed by atoms with Crippen molar-refractivity contribution in [1.82, 2.24) is 9.97 Å². The first-order valence-corrected chi connectivity index (χ1v) is 11.0. The molecule has 2 aromatic heterocycles. The smallest absolute Gasteiger partial charge is 0.264 e. The van der Waals surface area contributed by atoms with Crippen molar-refractivity contribution in [2.45, 2.75) is 4.90 Å². The van der Waals surface area contributed by atoms with Crippen LogP contribution in [0.25, 0.3) is 10.9 Å². The summed E-state index contributed by atoms with van der Waals surface area (Å²) in [5.74, 6) is 5.96.